The Bertz CT molecular complexity index is 1180. The van der Waals surface area contributed by atoms with Crippen molar-refractivity contribution in [3.05, 3.63) is 75.9 Å². The van der Waals surface area contributed by atoms with E-state index >= 15 is 0 Å². The van der Waals surface area contributed by atoms with Crippen LogP contribution in [0.15, 0.2) is 54.6 Å². The first kappa shape index (κ1) is 24.6. The molecule has 6 nitrogen and oxygen atoms in total. The number of aliphatic hydroxyl groups is 2. The fraction of sp³-hybridized carbons (Fsp3) is 0.444. The number of aliphatic hydroxyl groups excluding tert-OH is 1. The number of pyridine rings is 1. The molecule has 35 heavy (non-hydrogen) atoms. The van der Waals surface area contributed by atoms with Crippen LogP contribution in [0, 0.1) is 23.7 Å². The summed E-state index contributed by atoms with van der Waals surface area (Å²) in [6.07, 6.45) is 7.19. The summed E-state index contributed by atoms with van der Waals surface area (Å²) in [5.41, 5.74) is -2.15. The van der Waals surface area contributed by atoms with Gasteiger partial charge in [0, 0.05) is 29.5 Å². The summed E-state index contributed by atoms with van der Waals surface area (Å²) < 4.78 is 12.4. The summed E-state index contributed by atoms with van der Waals surface area (Å²) >= 11 is 12.6. The zero-order valence-electron chi connectivity index (χ0n) is 20.2. The Morgan fingerprint density at radius 1 is 1.14 bits per heavy atom. The second-order valence-corrected chi connectivity index (χ2v) is 10.9. The van der Waals surface area contributed by atoms with E-state index in [9.17, 15) is 10.2 Å². The molecule has 8 heteroatoms. The van der Waals surface area contributed by atoms with Crippen LogP contribution in [0.25, 0.3) is 0 Å². The number of hydrogen-bond acceptors (Lipinski definition) is 6. The molecule has 2 aromatic rings. The van der Waals surface area contributed by atoms with Gasteiger partial charge in [-0.1, -0.05) is 66.6 Å². The van der Waals surface area contributed by atoms with Crippen molar-refractivity contribution in [2.24, 2.45) is 23.7 Å². The van der Waals surface area contributed by atoms with E-state index in [-0.39, 0.29) is 34.7 Å². The summed E-state index contributed by atoms with van der Waals surface area (Å²) in [5, 5.41) is 25.5. The minimum atomic E-state index is -1.85. The predicted molar refractivity (Wildman–Crippen MR) is 136 cm³/mol. The highest BCUT2D eigenvalue weighted by molar-refractivity contribution is 6.30. The third-order valence-corrected chi connectivity index (χ3v) is 8.27. The number of benzene rings is 1. The SMILES string of the molecule is COc1nc(Cl)cc2c1[C@]1(O)[C@H](O)[C@H](CN(C)C)[C@@H](C3C=CC=CC3C)[C@]1(c1ccc(Cl)cc1)O2. The number of ether oxygens (including phenoxy) is 2. The molecular weight excluding hydrogens is 487 g/mol. The van der Waals surface area contributed by atoms with Gasteiger partial charge >= 0.3 is 0 Å². The summed E-state index contributed by atoms with van der Waals surface area (Å²) in [6.45, 7) is 2.70. The molecule has 1 aromatic heterocycles. The van der Waals surface area contributed by atoms with Crippen LogP contribution < -0.4 is 9.47 Å². The third kappa shape index (κ3) is 3.45. The van der Waals surface area contributed by atoms with Crippen molar-refractivity contribution in [3.63, 3.8) is 0 Å². The number of allylic oxidation sites excluding steroid dienone is 4. The fourth-order valence-corrected chi connectivity index (χ4v) is 6.83. The van der Waals surface area contributed by atoms with E-state index in [1.807, 2.05) is 43.3 Å². The van der Waals surface area contributed by atoms with Crippen molar-refractivity contribution >= 4 is 23.2 Å². The third-order valence-electron chi connectivity index (χ3n) is 7.82. The Kier molecular flexibility index (Phi) is 6.17. The number of rotatable bonds is 5. The van der Waals surface area contributed by atoms with Gasteiger partial charge < -0.3 is 24.6 Å². The van der Waals surface area contributed by atoms with E-state index in [0.717, 1.165) is 5.56 Å². The summed E-state index contributed by atoms with van der Waals surface area (Å²) in [7, 11) is 5.40. The normalized spacial score (nSPS) is 35.2. The molecule has 7 atom stereocenters. The monoisotopic (exact) mass is 516 g/mol. The lowest BCUT2D eigenvalue weighted by Gasteiger charge is -2.44. The molecule has 1 aromatic carbocycles. The highest BCUT2D eigenvalue weighted by atomic mass is 35.5. The second-order valence-electron chi connectivity index (χ2n) is 10.0. The summed E-state index contributed by atoms with van der Waals surface area (Å²) in [4.78, 5) is 6.35. The Balaban J connectivity index is 1.84. The van der Waals surface area contributed by atoms with E-state index in [1.54, 1.807) is 18.2 Å². The molecule has 2 heterocycles. The number of aromatic nitrogens is 1. The maximum absolute atomic E-state index is 12.8. The molecule has 186 valence electrons. The van der Waals surface area contributed by atoms with Crippen LogP contribution in [-0.4, -0.2) is 54.0 Å². The minimum absolute atomic E-state index is 0.0203. The molecule has 3 aliphatic rings. The van der Waals surface area contributed by atoms with Gasteiger partial charge in [0.05, 0.1) is 18.8 Å². The molecule has 1 aliphatic heterocycles. The molecule has 2 aliphatic carbocycles. The molecule has 5 rings (SSSR count). The number of halogens is 2. The Hall–Kier alpha value is -2.09. The molecular formula is C27H30Cl2N2O4. The largest absolute Gasteiger partial charge is 0.481 e. The van der Waals surface area contributed by atoms with Gasteiger partial charge in [-0.05, 0) is 43.6 Å². The lowest BCUT2D eigenvalue weighted by atomic mass is 9.65. The van der Waals surface area contributed by atoms with E-state index in [2.05, 4.69) is 24.1 Å². The Morgan fingerprint density at radius 2 is 1.83 bits per heavy atom. The van der Waals surface area contributed by atoms with E-state index in [4.69, 9.17) is 32.7 Å². The van der Waals surface area contributed by atoms with Gasteiger partial charge in [-0.2, -0.15) is 0 Å². The maximum Gasteiger partial charge on any atom is 0.224 e. The first-order valence-corrected chi connectivity index (χ1v) is 12.5. The molecule has 0 amide bonds. The average Bonchev–Trinajstić information content (AvgIpc) is 3.17. The first-order valence-electron chi connectivity index (χ1n) is 11.7. The van der Waals surface area contributed by atoms with Crippen LogP contribution in [0.1, 0.15) is 18.1 Å². The van der Waals surface area contributed by atoms with Gasteiger partial charge in [-0.25, -0.2) is 4.98 Å². The Morgan fingerprint density at radius 3 is 2.46 bits per heavy atom. The average molecular weight is 517 g/mol. The van der Waals surface area contributed by atoms with Crippen LogP contribution in [-0.2, 0) is 11.2 Å². The van der Waals surface area contributed by atoms with Crippen LogP contribution in [0.5, 0.6) is 11.6 Å². The molecule has 2 unspecified atom stereocenters. The standard InChI is InChI=1S/C27H30Cl2N2O4/c1-15-7-5-6-8-18(15)22-19(14-31(2)3)24(32)26(33)23-20(13-21(29)30-25(23)34-4)35-27(22,26)16-9-11-17(28)12-10-16/h5-13,15,18-19,22,24,32-33H,14H2,1-4H3/t15?,18?,19-,22-,24-,26+,27+/m1/s1. The van der Waals surface area contributed by atoms with Crippen molar-refractivity contribution in [3.8, 4) is 11.6 Å². The number of fused-ring (bicyclic) bond motifs is 3. The van der Waals surface area contributed by atoms with Gasteiger partial charge in [0.1, 0.15) is 10.9 Å². The molecule has 1 fully saturated rings. The van der Waals surface area contributed by atoms with E-state index in [1.165, 1.54) is 7.11 Å². The summed E-state index contributed by atoms with van der Waals surface area (Å²) in [5.74, 6) is -0.00534. The molecule has 2 N–H and O–H groups in total. The van der Waals surface area contributed by atoms with E-state index < -0.39 is 17.3 Å². The maximum atomic E-state index is 12.8. The van der Waals surface area contributed by atoms with Gasteiger partial charge in [-0.15, -0.1) is 0 Å². The van der Waals surface area contributed by atoms with Crippen LogP contribution in [0.4, 0.5) is 0 Å². The van der Waals surface area contributed by atoms with Crippen molar-refractivity contribution in [2.75, 3.05) is 27.7 Å². The summed E-state index contributed by atoms with van der Waals surface area (Å²) in [6, 6.07) is 8.88. The minimum Gasteiger partial charge on any atom is -0.481 e. The lowest BCUT2D eigenvalue weighted by Crippen LogP contribution is -2.54. The zero-order chi connectivity index (χ0) is 25.1. The van der Waals surface area contributed by atoms with Crippen LogP contribution >= 0.6 is 23.2 Å². The fourth-order valence-electron chi connectivity index (χ4n) is 6.53. The highest BCUT2D eigenvalue weighted by Gasteiger charge is 2.77. The number of hydrogen-bond donors (Lipinski definition) is 2. The van der Waals surface area contributed by atoms with Crippen LogP contribution in [0.2, 0.25) is 10.2 Å². The predicted octanol–water partition coefficient (Wildman–Crippen LogP) is 4.42. The second kappa shape index (κ2) is 8.79. The molecule has 0 bridgehead atoms. The van der Waals surface area contributed by atoms with Gasteiger partial charge in [-0.3, -0.25) is 0 Å². The number of methoxy groups -OCH3 is 1. The van der Waals surface area contributed by atoms with Crippen molar-refractivity contribution in [1.82, 2.24) is 9.88 Å². The van der Waals surface area contributed by atoms with Crippen molar-refractivity contribution < 1.29 is 19.7 Å². The van der Waals surface area contributed by atoms with Crippen molar-refractivity contribution in [2.45, 2.75) is 24.2 Å². The molecule has 0 spiro atoms. The quantitative estimate of drug-likeness (QED) is 0.573. The Labute approximate surface area is 215 Å². The molecule has 0 radical (unpaired) electrons. The smallest absolute Gasteiger partial charge is 0.224 e. The first-order chi connectivity index (χ1) is 16.6. The molecule has 1 saturated carbocycles. The van der Waals surface area contributed by atoms with Gasteiger partial charge in [0.15, 0.2) is 11.2 Å². The van der Waals surface area contributed by atoms with E-state index in [0.29, 0.717) is 22.9 Å². The topological polar surface area (TPSA) is 75.0 Å². The van der Waals surface area contributed by atoms with Gasteiger partial charge in [0.2, 0.25) is 5.88 Å². The van der Waals surface area contributed by atoms with Crippen LogP contribution in [0.3, 0.4) is 0 Å². The highest BCUT2D eigenvalue weighted by Crippen LogP contribution is 2.69. The zero-order valence-corrected chi connectivity index (χ0v) is 21.7. The lowest BCUT2D eigenvalue weighted by molar-refractivity contribution is -0.162. The number of nitrogens with zero attached hydrogens (tertiary/aromatic N) is 2. The van der Waals surface area contributed by atoms with Crippen molar-refractivity contribution in [1.29, 1.82) is 0 Å². The molecule has 0 saturated heterocycles. The van der Waals surface area contributed by atoms with Gasteiger partial charge in [0.25, 0.3) is 0 Å².